The van der Waals surface area contributed by atoms with Crippen LogP contribution in [0.5, 0.6) is 11.5 Å². The highest BCUT2D eigenvalue weighted by molar-refractivity contribution is 5.91. The molecular weight excluding hydrogens is 312 g/mol. The molecule has 0 aliphatic heterocycles. The minimum Gasteiger partial charge on any atom is -0.497 e. The summed E-state index contributed by atoms with van der Waals surface area (Å²) in [6.07, 6.45) is 0. The second kappa shape index (κ2) is 7.85. The van der Waals surface area contributed by atoms with Crippen LogP contribution in [0.1, 0.15) is 21.5 Å². The summed E-state index contributed by atoms with van der Waals surface area (Å²) in [5.74, 6) is 6.82. The van der Waals surface area contributed by atoms with E-state index < -0.39 is 5.97 Å². The first-order chi connectivity index (χ1) is 12.3. The molecule has 0 atom stereocenters. The molecule has 0 aliphatic rings. The molecule has 0 heterocycles. The van der Waals surface area contributed by atoms with Gasteiger partial charge >= 0.3 is 5.97 Å². The van der Waals surface area contributed by atoms with Crippen LogP contribution in [0.2, 0.25) is 0 Å². The van der Waals surface area contributed by atoms with Gasteiger partial charge in [-0.15, -0.1) is 0 Å². The highest BCUT2D eigenvalue weighted by Gasteiger charge is 2.10. The van der Waals surface area contributed by atoms with Gasteiger partial charge in [-0.1, -0.05) is 42.2 Å². The number of para-hydroxylation sites is 1. The van der Waals surface area contributed by atoms with E-state index in [1.807, 2.05) is 48.5 Å². The lowest BCUT2D eigenvalue weighted by Gasteiger charge is -2.07. The molecule has 3 rings (SSSR count). The van der Waals surface area contributed by atoms with Crippen LogP contribution in [0.25, 0.3) is 0 Å². The van der Waals surface area contributed by atoms with Gasteiger partial charge in [0.1, 0.15) is 11.5 Å². The number of ether oxygens (including phenoxy) is 2. The number of esters is 1. The second-order valence-corrected chi connectivity index (χ2v) is 5.23. The first-order valence-electron chi connectivity index (χ1n) is 7.78. The van der Waals surface area contributed by atoms with Crippen LogP contribution in [0.4, 0.5) is 0 Å². The molecule has 0 aromatic heterocycles. The third-order valence-electron chi connectivity index (χ3n) is 3.53. The number of carbonyl (C=O) groups excluding carboxylic acids is 1. The zero-order valence-corrected chi connectivity index (χ0v) is 13.7. The van der Waals surface area contributed by atoms with Crippen molar-refractivity contribution in [3.63, 3.8) is 0 Å². The van der Waals surface area contributed by atoms with Gasteiger partial charge in [-0.3, -0.25) is 0 Å². The lowest BCUT2D eigenvalue weighted by molar-refractivity contribution is 0.0734. The molecule has 0 aliphatic carbocycles. The fourth-order valence-electron chi connectivity index (χ4n) is 2.21. The number of carbonyl (C=O) groups is 1. The van der Waals surface area contributed by atoms with Crippen molar-refractivity contribution in [3.8, 4) is 23.3 Å². The zero-order chi connectivity index (χ0) is 17.5. The van der Waals surface area contributed by atoms with Crippen LogP contribution in [-0.4, -0.2) is 13.1 Å². The first-order valence-corrected chi connectivity index (χ1v) is 7.78. The van der Waals surface area contributed by atoms with E-state index in [0.717, 1.165) is 5.56 Å². The van der Waals surface area contributed by atoms with E-state index in [9.17, 15) is 4.79 Å². The third-order valence-corrected chi connectivity index (χ3v) is 3.53. The largest absolute Gasteiger partial charge is 0.497 e. The number of hydrogen-bond acceptors (Lipinski definition) is 3. The number of rotatable bonds is 3. The predicted molar refractivity (Wildman–Crippen MR) is 96.8 cm³/mol. The summed E-state index contributed by atoms with van der Waals surface area (Å²) in [6.45, 7) is 0. The standard InChI is InChI=1S/C22H16O3/c1-24-20-15-13-19(14-16-20)22(23)25-21-10-6-5-9-18(21)12-11-17-7-3-2-4-8-17/h2-10,13-16H,1H3. The van der Waals surface area contributed by atoms with Crippen LogP contribution >= 0.6 is 0 Å². The van der Waals surface area contributed by atoms with Crippen molar-refractivity contribution in [2.75, 3.05) is 7.11 Å². The fourth-order valence-corrected chi connectivity index (χ4v) is 2.21. The lowest BCUT2D eigenvalue weighted by Crippen LogP contribution is -2.09. The molecule has 0 saturated carbocycles. The van der Waals surface area contributed by atoms with E-state index in [2.05, 4.69) is 11.8 Å². The Bertz CT molecular complexity index is 917. The molecule has 0 bridgehead atoms. The second-order valence-electron chi connectivity index (χ2n) is 5.23. The number of hydrogen-bond donors (Lipinski definition) is 0. The average Bonchev–Trinajstić information content (AvgIpc) is 2.68. The van der Waals surface area contributed by atoms with Crippen molar-refractivity contribution >= 4 is 5.97 Å². The van der Waals surface area contributed by atoms with E-state index >= 15 is 0 Å². The Balaban J connectivity index is 1.81. The van der Waals surface area contributed by atoms with Crippen molar-refractivity contribution in [1.29, 1.82) is 0 Å². The Labute approximate surface area is 146 Å². The van der Waals surface area contributed by atoms with Crippen molar-refractivity contribution < 1.29 is 14.3 Å². The summed E-state index contributed by atoms with van der Waals surface area (Å²) in [5.41, 5.74) is 2.01. The maximum atomic E-state index is 12.3. The van der Waals surface area contributed by atoms with Gasteiger partial charge in [-0.05, 0) is 48.5 Å². The van der Waals surface area contributed by atoms with Crippen molar-refractivity contribution in [2.45, 2.75) is 0 Å². The summed E-state index contributed by atoms with van der Waals surface area (Å²) in [4.78, 5) is 12.3. The normalized spacial score (nSPS) is 9.64. The van der Waals surface area contributed by atoms with E-state index in [4.69, 9.17) is 9.47 Å². The maximum absolute atomic E-state index is 12.3. The van der Waals surface area contributed by atoms with Gasteiger partial charge in [0.2, 0.25) is 0 Å². The molecular formula is C22H16O3. The Morgan fingerprint density at radius 2 is 1.48 bits per heavy atom. The molecule has 25 heavy (non-hydrogen) atoms. The van der Waals surface area contributed by atoms with Crippen LogP contribution in [0.3, 0.4) is 0 Å². The predicted octanol–water partition coefficient (Wildman–Crippen LogP) is 4.31. The molecule has 0 radical (unpaired) electrons. The van der Waals surface area contributed by atoms with Crippen LogP contribution in [0, 0.1) is 11.8 Å². The van der Waals surface area contributed by atoms with Crippen LogP contribution in [0.15, 0.2) is 78.9 Å². The Hall–Kier alpha value is -3.51. The van der Waals surface area contributed by atoms with Crippen molar-refractivity contribution in [3.05, 3.63) is 95.6 Å². The van der Waals surface area contributed by atoms with Gasteiger partial charge in [0.25, 0.3) is 0 Å². The van der Waals surface area contributed by atoms with Gasteiger partial charge in [0.15, 0.2) is 0 Å². The molecule has 122 valence electrons. The number of methoxy groups -OCH3 is 1. The van der Waals surface area contributed by atoms with E-state index in [1.165, 1.54) is 0 Å². The summed E-state index contributed by atoms with van der Waals surface area (Å²) in [5, 5.41) is 0. The summed E-state index contributed by atoms with van der Waals surface area (Å²) >= 11 is 0. The molecule has 0 fully saturated rings. The average molecular weight is 328 g/mol. The summed E-state index contributed by atoms with van der Waals surface area (Å²) < 4.78 is 10.6. The monoisotopic (exact) mass is 328 g/mol. The number of benzene rings is 3. The molecule has 0 N–H and O–H groups in total. The van der Waals surface area contributed by atoms with Crippen molar-refractivity contribution in [2.24, 2.45) is 0 Å². The molecule has 3 nitrogen and oxygen atoms in total. The summed E-state index contributed by atoms with van der Waals surface area (Å²) in [7, 11) is 1.58. The Kier molecular flexibility index (Phi) is 5.13. The SMILES string of the molecule is COc1ccc(C(=O)Oc2ccccc2C#Cc2ccccc2)cc1. The summed E-state index contributed by atoms with van der Waals surface area (Å²) in [6, 6.07) is 23.7. The highest BCUT2D eigenvalue weighted by atomic mass is 16.5. The topological polar surface area (TPSA) is 35.5 Å². The maximum Gasteiger partial charge on any atom is 0.343 e. The minimum atomic E-state index is -0.434. The fraction of sp³-hybridized carbons (Fsp3) is 0.0455. The van der Waals surface area contributed by atoms with E-state index in [0.29, 0.717) is 22.6 Å². The smallest absolute Gasteiger partial charge is 0.343 e. The Morgan fingerprint density at radius 1 is 0.800 bits per heavy atom. The van der Waals surface area contributed by atoms with E-state index in [-0.39, 0.29) is 0 Å². The lowest BCUT2D eigenvalue weighted by atomic mass is 10.1. The van der Waals surface area contributed by atoms with Gasteiger partial charge in [-0.2, -0.15) is 0 Å². The molecule has 3 aromatic rings. The molecule has 3 heteroatoms. The highest BCUT2D eigenvalue weighted by Crippen LogP contribution is 2.19. The van der Waals surface area contributed by atoms with Crippen LogP contribution < -0.4 is 9.47 Å². The molecule has 0 saturated heterocycles. The van der Waals surface area contributed by atoms with Crippen LogP contribution in [-0.2, 0) is 0 Å². The Morgan fingerprint density at radius 3 is 2.20 bits per heavy atom. The van der Waals surface area contributed by atoms with E-state index in [1.54, 1.807) is 37.4 Å². The molecule has 0 amide bonds. The molecule has 0 unspecified atom stereocenters. The van der Waals surface area contributed by atoms with Gasteiger partial charge < -0.3 is 9.47 Å². The van der Waals surface area contributed by atoms with Gasteiger partial charge in [0, 0.05) is 5.56 Å². The quantitative estimate of drug-likeness (QED) is 0.408. The zero-order valence-electron chi connectivity index (χ0n) is 13.7. The van der Waals surface area contributed by atoms with Gasteiger partial charge in [-0.25, -0.2) is 4.79 Å². The van der Waals surface area contributed by atoms with Crippen molar-refractivity contribution in [1.82, 2.24) is 0 Å². The third kappa shape index (κ3) is 4.27. The minimum absolute atomic E-state index is 0.434. The molecule has 3 aromatic carbocycles. The van der Waals surface area contributed by atoms with Gasteiger partial charge in [0.05, 0.1) is 18.2 Å². The molecule has 0 spiro atoms. The first kappa shape index (κ1) is 16.4.